The molecule has 0 spiro atoms. The molecule has 0 aromatic heterocycles. The molecule has 0 aromatic rings. The van der Waals surface area contributed by atoms with Crippen molar-refractivity contribution in [2.75, 3.05) is 0 Å². The quantitative estimate of drug-likeness (QED) is 0.584. The minimum Gasteiger partial charge on any atom is -0.368 e. The molecule has 1 aliphatic carbocycles. The van der Waals surface area contributed by atoms with Crippen LogP contribution < -0.4 is 0 Å². The van der Waals surface area contributed by atoms with Gasteiger partial charge in [0.1, 0.15) is 0 Å². The van der Waals surface area contributed by atoms with E-state index in [1.165, 1.54) is 19.3 Å². The molecule has 0 amide bonds. The van der Waals surface area contributed by atoms with Gasteiger partial charge in [-0.3, -0.25) is 0 Å². The second-order valence-corrected chi connectivity index (χ2v) is 6.06. The maximum Gasteiger partial charge on any atom is 0.0786 e. The lowest BCUT2D eigenvalue weighted by molar-refractivity contribution is -0.224. The fourth-order valence-electron chi connectivity index (χ4n) is 2.67. The van der Waals surface area contributed by atoms with E-state index in [1.807, 2.05) is 0 Å². The number of alkyl halides is 1. The van der Waals surface area contributed by atoms with Crippen LogP contribution in [0.1, 0.15) is 40.0 Å². The number of hydrogen-bond acceptors (Lipinski definition) is 1. The summed E-state index contributed by atoms with van der Waals surface area (Å²) in [5.41, 5.74) is 0.204. The molecule has 12 heavy (non-hydrogen) atoms. The van der Waals surface area contributed by atoms with Crippen LogP contribution in [0.2, 0.25) is 0 Å². The minimum absolute atomic E-state index is 0.0955. The van der Waals surface area contributed by atoms with Crippen LogP contribution in [0.15, 0.2) is 0 Å². The van der Waals surface area contributed by atoms with Crippen LogP contribution in [0.5, 0.6) is 0 Å². The van der Waals surface area contributed by atoms with E-state index >= 15 is 0 Å². The van der Waals surface area contributed by atoms with Gasteiger partial charge >= 0.3 is 0 Å². The SMILES string of the molecule is CC1(C)O[C@@]2(C)CC[C@@H]1C[C@H]2Br. The van der Waals surface area contributed by atoms with Gasteiger partial charge in [-0.05, 0) is 46.0 Å². The van der Waals surface area contributed by atoms with Crippen LogP contribution in [0.4, 0.5) is 0 Å². The predicted octanol–water partition coefficient (Wildman–Crippen LogP) is 3.12. The Hall–Kier alpha value is 0.440. The van der Waals surface area contributed by atoms with E-state index in [-0.39, 0.29) is 11.2 Å². The molecule has 70 valence electrons. The Kier molecular flexibility index (Phi) is 1.86. The lowest BCUT2D eigenvalue weighted by Crippen LogP contribution is -2.59. The number of ether oxygens (including phenoxy) is 1. The van der Waals surface area contributed by atoms with Gasteiger partial charge in [0.05, 0.1) is 11.2 Å². The Morgan fingerprint density at radius 1 is 1.33 bits per heavy atom. The Morgan fingerprint density at radius 3 is 2.33 bits per heavy atom. The zero-order chi connectivity index (χ0) is 8.98. The molecule has 2 heteroatoms. The summed E-state index contributed by atoms with van der Waals surface area (Å²) in [6.45, 7) is 6.70. The van der Waals surface area contributed by atoms with Crippen LogP contribution in [-0.4, -0.2) is 16.0 Å². The zero-order valence-corrected chi connectivity index (χ0v) is 9.65. The summed E-state index contributed by atoms with van der Waals surface area (Å²) in [6.07, 6.45) is 3.84. The van der Waals surface area contributed by atoms with Crippen LogP contribution >= 0.6 is 15.9 Å². The number of hydrogen-bond donors (Lipinski definition) is 0. The highest BCUT2D eigenvalue weighted by Gasteiger charge is 2.52. The molecule has 2 aliphatic heterocycles. The highest BCUT2D eigenvalue weighted by atomic mass is 79.9. The summed E-state index contributed by atoms with van der Waals surface area (Å²) in [4.78, 5) is 0.566. The molecular weight excluding hydrogens is 216 g/mol. The van der Waals surface area contributed by atoms with Crippen molar-refractivity contribution in [2.24, 2.45) is 5.92 Å². The van der Waals surface area contributed by atoms with E-state index in [1.54, 1.807) is 0 Å². The molecule has 1 nitrogen and oxygen atoms in total. The maximum atomic E-state index is 6.13. The van der Waals surface area contributed by atoms with Gasteiger partial charge in [0.25, 0.3) is 0 Å². The lowest BCUT2D eigenvalue weighted by atomic mass is 9.69. The molecule has 1 saturated carbocycles. The predicted molar refractivity (Wildman–Crippen MR) is 53.6 cm³/mol. The molecule has 2 heterocycles. The van der Waals surface area contributed by atoms with Crippen molar-refractivity contribution in [3.8, 4) is 0 Å². The summed E-state index contributed by atoms with van der Waals surface area (Å²) in [6, 6.07) is 0. The molecular formula is C10H17BrO. The van der Waals surface area contributed by atoms with Gasteiger partial charge in [-0.15, -0.1) is 0 Å². The summed E-state index contributed by atoms with van der Waals surface area (Å²) < 4.78 is 6.13. The van der Waals surface area contributed by atoms with Crippen molar-refractivity contribution in [3.63, 3.8) is 0 Å². The third kappa shape index (κ3) is 1.15. The second-order valence-electron chi connectivity index (χ2n) is 4.96. The van der Waals surface area contributed by atoms with Crippen molar-refractivity contribution in [1.29, 1.82) is 0 Å². The topological polar surface area (TPSA) is 9.23 Å². The molecule has 0 radical (unpaired) electrons. The van der Waals surface area contributed by atoms with Gasteiger partial charge in [0.2, 0.25) is 0 Å². The Morgan fingerprint density at radius 2 is 2.00 bits per heavy atom. The van der Waals surface area contributed by atoms with Crippen LogP contribution in [0.25, 0.3) is 0 Å². The second kappa shape index (κ2) is 2.48. The smallest absolute Gasteiger partial charge is 0.0786 e. The lowest BCUT2D eigenvalue weighted by Gasteiger charge is -2.56. The van der Waals surface area contributed by atoms with Crippen molar-refractivity contribution in [3.05, 3.63) is 0 Å². The van der Waals surface area contributed by atoms with Crippen LogP contribution in [-0.2, 0) is 4.74 Å². The third-order valence-corrected chi connectivity index (χ3v) is 4.96. The molecule has 3 rings (SSSR count). The number of rotatable bonds is 0. The van der Waals surface area contributed by atoms with Gasteiger partial charge < -0.3 is 4.74 Å². The summed E-state index contributed by atoms with van der Waals surface area (Å²) in [5, 5.41) is 0. The largest absolute Gasteiger partial charge is 0.368 e. The normalized spacial score (nSPS) is 51.0. The average Bonchev–Trinajstić information content (AvgIpc) is 1.91. The van der Waals surface area contributed by atoms with Gasteiger partial charge in [-0.1, -0.05) is 15.9 Å². The third-order valence-electron chi connectivity index (χ3n) is 3.62. The van der Waals surface area contributed by atoms with E-state index < -0.39 is 0 Å². The first-order valence-corrected chi connectivity index (χ1v) is 5.70. The Labute approximate surface area is 83.0 Å². The first-order valence-electron chi connectivity index (χ1n) is 4.78. The fraction of sp³-hybridized carbons (Fsp3) is 1.00. The highest BCUT2D eigenvalue weighted by Crippen LogP contribution is 2.51. The van der Waals surface area contributed by atoms with Crippen LogP contribution in [0, 0.1) is 5.92 Å². The minimum atomic E-state index is 0.0955. The average molecular weight is 233 g/mol. The van der Waals surface area contributed by atoms with Crippen LogP contribution in [0.3, 0.4) is 0 Å². The van der Waals surface area contributed by atoms with Gasteiger partial charge in [0, 0.05) is 4.83 Å². The molecule has 2 bridgehead atoms. The van der Waals surface area contributed by atoms with E-state index in [2.05, 4.69) is 36.7 Å². The van der Waals surface area contributed by atoms with E-state index in [4.69, 9.17) is 4.74 Å². The van der Waals surface area contributed by atoms with Crippen molar-refractivity contribution in [1.82, 2.24) is 0 Å². The number of halogens is 1. The van der Waals surface area contributed by atoms with Crippen molar-refractivity contribution in [2.45, 2.75) is 56.1 Å². The molecule has 3 atom stereocenters. The summed E-state index contributed by atoms with van der Waals surface area (Å²) in [5.74, 6) is 0.753. The molecule has 0 unspecified atom stereocenters. The van der Waals surface area contributed by atoms with E-state index in [0.29, 0.717) is 4.83 Å². The molecule has 0 aromatic carbocycles. The van der Waals surface area contributed by atoms with Gasteiger partial charge in [-0.2, -0.15) is 0 Å². The first-order chi connectivity index (χ1) is 5.44. The zero-order valence-electron chi connectivity index (χ0n) is 8.06. The Bertz CT molecular complexity index is 202. The van der Waals surface area contributed by atoms with Gasteiger partial charge in [-0.25, -0.2) is 0 Å². The van der Waals surface area contributed by atoms with Crippen molar-refractivity contribution < 1.29 is 4.74 Å². The summed E-state index contributed by atoms with van der Waals surface area (Å²) in [7, 11) is 0. The number of fused-ring (bicyclic) bond motifs is 3. The molecule has 0 N–H and O–H groups in total. The monoisotopic (exact) mass is 232 g/mol. The van der Waals surface area contributed by atoms with Gasteiger partial charge in [0.15, 0.2) is 0 Å². The molecule has 2 saturated heterocycles. The summed E-state index contributed by atoms with van der Waals surface area (Å²) >= 11 is 3.73. The highest BCUT2D eigenvalue weighted by molar-refractivity contribution is 9.09. The molecule has 3 fully saturated rings. The molecule has 3 aliphatic rings. The Balaban J connectivity index is 2.26. The standard InChI is InChI=1S/C10H17BrO/c1-9(2)7-4-5-10(3,12-9)8(11)6-7/h7-8H,4-6H2,1-3H3/t7-,8-,10+/m1/s1. The fourth-order valence-corrected chi connectivity index (χ4v) is 3.44. The van der Waals surface area contributed by atoms with E-state index in [0.717, 1.165) is 5.92 Å². The van der Waals surface area contributed by atoms with Crippen molar-refractivity contribution >= 4 is 15.9 Å². The van der Waals surface area contributed by atoms with E-state index in [9.17, 15) is 0 Å². The maximum absolute atomic E-state index is 6.13. The first kappa shape index (κ1) is 9.01.